The second-order valence-corrected chi connectivity index (χ2v) is 8.13. The summed E-state index contributed by atoms with van der Waals surface area (Å²) in [6.07, 6.45) is -3.55. The first-order valence-corrected chi connectivity index (χ1v) is 10.3. The summed E-state index contributed by atoms with van der Waals surface area (Å²) in [6, 6.07) is 8.89. The SMILES string of the molecule is COC(=O)[C@@H](C)O[C@@H]1[C@H](NC(C)=O)[C@H](OCc2ccccc2)O[C@H]2COC(C)(C)O[C@H]12. The Balaban J connectivity index is 1.86. The lowest BCUT2D eigenvalue weighted by Gasteiger charge is -2.51. The lowest BCUT2D eigenvalue weighted by molar-refractivity contribution is -0.374. The molecule has 0 radical (unpaired) electrons. The van der Waals surface area contributed by atoms with E-state index in [4.69, 9.17) is 28.4 Å². The van der Waals surface area contributed by atoms with Crippen LogP contribution in [0, 0.1) is 0 Å². The number of methoxy groups -OCH3 is 1. The Morgan fingerprint density at radius 1 is 1.26 bits per heavy atom. The maximum Gasteiger partial charge on any atom is 0.334 e. The molecule has 1 aromatic rings. The summed E-state index contributed by atoms with van der Waals surface area (Å²) in [4.78, 5) is 24.0. The number of amides is 1. The third-order valence-corrected chi connectivity index (χ3v) is 5.18. The van der Waals surface area contributed by atoms with Gasteiger partial charge in [0.05, 0.1) is 20.3 Å². The molecule has 2 aliphatic heterocycles. The lowest BCUT2D eigenvalue weighted by atomic mass is 9.94. The summed E-state index contributed by atoms with van der Waals surface area (Å²) < 4.78 is 34.9. The Hall–Kier alpha value is -2.04. The summed E-state index contributed by atoms with van der Waals surface area (Å²) in [7, 11) is 1.29. The first-order chi connectivity index (χ1) is 14.7. The van der Waals surface area contributed by atoms with E-state index < -0.39 is 48.5 Å². The van der Waals surface area contributed by atoms with Crippen molar-refractivity contribution in [1.29, 1.82) is 0 Å². The first kappa shape index (κ1) is 23.6. The minimum absolute atomic E-state index is 0.252. The molecule has 1 amide bonds. The molecule has 2 heterocycles. The van der Waals surface area contributed by atoms with Crippen molar-refractivity contribution >= 4 is 11.9 Å². The summed E-state index contributed by atoms with van der Waals surface area (Å²) in [5, 5.41) is 2.85. The third-order valence-electron chi connectivity index (χ3n) is 5.18. The van der Waals surface area contributed by atoms with Gasteiger partial charge in [0, 0.05) is 6.92 Å². The zero-order valence-corrected chi connectivity index (χ0v) is 18.5. The van der Waals surface area contributed by atoms with E-state index in [1.54, 1.807) is 20.8 Å². The van der Waals surface area contributed by atoms with E-state index in [1.165, 1.54) is 14.0 Å². The van der Waals surface area contributed by atoms with Crippen molar-refractivity contribution in [1.82, 2.24) is 5.32 Å². The van der Waals surface area contributed by atoms with Crippen LogP contribution in [0.2, 0.25) is 0 Å². The maximum absolute atomic E-state index is 12.0. The van der Waals surface area contributed by atoms with Crippen LogP contribution >= 0.6 is 0 Å². The second kappa shape index (κ2) is 10.1. The number of ether oxygens (including phenoxy) is 6. The number of carbonyl (C=O) groups is 2. The predicted octanol–water partition coefficient (Wildman–Crippen LogP) is 1.53. The Labute approximate surface area is 182 Å². The molecule has 9 heteroatoms. The first-order valence-electron chi connectivity index (χ1n) is 10.3. The zero-order chi connectivity index (χ0) is 22.6. The van der Waals surface area contributed by atoms with Gasteiger partial charge in [-0.2, -0.15) is 0 Å². The molecular weight excluding hydrogens is 406 g/mol. The molecule has 0 aliphatic carbocycles. The number of benzene rings is 1. The minimum atomic E-state index is -0.880. The third kappa shape index (κ3) is 6.02. The van der Waals surface area contributed by atoms with E-state index >= 15 is 0 Å². The van der Waals surface area contributed by atoms with Crippen molar-refractivity contribution in [2.75, 3.05) is 13.7 Å². The highest BCUT2D eigenvalue weighted by atomic mass is 16.8. The van der Waals surface area contributed by atoms with Crippen molar-refractivity contribution in [2.24, 2.45) is 0 Å². The van der Waals surface area contributed by atoms with Gasteiger partial charge in [0.15, 0.2) is 18.2 Å². The minimum Gasteiger partial charge on any atom is -0.467 e. The molecule has 6 atom stereocenters. The van der Waals surface area contributed by atoms with E-state index in [0.29, 0.717) is 0 Å². The summed E-state index contributed by atoms with van der Waals surface area (Å²) in [5.74, 6) is -1.69. The average Bonchev–Trinajstić information content (AvgIpc) is 2.73. The highest BCUT2D eigenvalue weighted by Gasteiger charge is 2.53. The normalized spacial score (nSPS) is 30.7. The smallest absolute Gasteiger partial charge is 0.334 e. The van der Waals surface area contributed by atoms with Crippen LogP contribution < -0.4 is 5.32 Å². The highest BCUT2D eigenvalue weighted by Crippen LogP contribution is 2.35. The standard InChI is InChI=1S/C22H31NO8/c1-13(20(25)26-5)29-19-17(23-14(2)24)21(27-11-15-9-7-6-8-10-15)30-16-12-28-22(3,4)31-18(16)19/h6-10,13,16-19,21H,11-12H2,1-5H3,(H,23,24)/t13-,16+,17+,18+,19-,21-/m1/s1. The van der Waals surface area contributed by atoms with Crippen LogP contribution in [0.25, 0.3) is 0 Å². The summed E-state index contributed by atoms with van der Waals surface area (Å²) in [5.41, 5.74) is 0.951. The number of hydrogen-bond acceptors (Lipinski definition) is 8. The Kier molecular flexibility index (Phi) is 7.66. The molecule has 0 bridgehead atoms. The zero-order valence-electron chi connectivity index (χ0n) is 18.5. The molecule has 172 valence electrons. The molecule has 0 aromatic heterocycles. The van der Waals surface area contributed by atoms with Crippen molar-refractivity contribution in [2.45, 2.75) is 76.8 Å². The fourth-order valence-electron chi connectivity index (χ4n) is 3.73. The molecule has 0 spiro atoms. The van der Waals surface area contributed by atoms with Gasteiger partial charge >= 0.3 is 5.97 Å². The fraction of sp³-hybridized carbons (Fsp3) is 0.636. The molecule has 2 fully saturated rings. The number of hydrogen-bond donors (Lipinski definition) is 1. The molecular formula is C22H31NO8. The number of carbonyl (C=O) groups excluding carboxylic acids is 2. The van der Waals surface area contributed by atoms with E-state index in [9.17, 15) is 9.59 Å². The number of esters is 1. The van der Waals surface area contributed by atoms with Crippen LogP contribution in [-0.2, 0) is 44.6 Å². The van der Waals surface area contributed by atoms with Crippen LogP contribution in [0.4, 0.5) is 0 Å². The van der Waals surface area contributed by atoms with Gasteiger partial charge in [0.2, 0.25) is 5.91 Å². The van der Waals surface area contributed by atoms with Gasteiger partial charge in [-0.3, -0.25) is 4.79 Å². The van der Waals surface area contributed by atoms with Crippen LogP contribution in [0.5, 0.6) is 0 Å². The molecule has 1 N–H and O–H groups in total. The van der Waals surface area contributed by atoms with E-state index in [-0.39, 0.29) is 19.1 Å². The molecule has 3 rings (SSSR count). The lowest BCUT2D eigenvalue weighted by Crippen LogP contribution is -2.69. The Morgan fingerprint density at radius 2 is 1.97 bits per heavy atom. The topological polar surface area (TPSA) is 102 Å². The molecule has 9 nitrogen and oxygen atoms in total. The average molecular weight is 437 g/mol. The van der Waals surface area contributed by atoms with Crippen LogP contribution in [0.3, 0.4) is 0 Å². The molecule has 31 heavy (non-hydrogen) atoms. The van der Waals surface area contributed by atoms with Crippen molar-refractivity contribution < 1.29 is 38.0 Å². The van der Waals surface area contributed by atoms with Gasteiger partial charge in [-0.05, 0) is 26.3 Å². The van der Waals surface area contributed by atoms with Crippen LogP contribution in [-0.4, -0.2) is 68.1 Å². The molecule has 1 aromatic carbocycles. The van der Waals surface area contributed by atoms with E-state index in [0.717, 1.165) is 5.56 Å². The van der Waals surface area contributed by atoms with Gasteiger partial charge in [0.1, 0.15) is 24.4 Å². The number of rotatable bonds is 7. The van der Waals surface area contributed by atoms with Crippen LogP contribution in [0.15, 0.2) is 30.3 Å². The number of nitrogens with one attached hydrogen (secondary N) is 1. The van der Waals surface area contributed by atoms with Crippen molar-refractivity contribution in [3.05, 3.63) is 35.9 Å². The van der Waals surface area contributed by atoms with Gasteiger partial charge in [-0.15, -0.1) is 0 Å². The van der Waals surface area contributed by atoms with Crippen molar-refractivity contribution in [3.63, 3.8) is 0 Å². The van der Waals surface area contributed by atoms with E-state index in [1.807, 2.05) is 30.3 Å². The molecule has 2 saturated heterocycles. The van der Waals surface area contributed by atoms with Gasteiger partial charge in [-0.1, -0.05) is 30.3 Å². The van der Waals surface area contributed by atoms with Gasteiger partial charge in [0.25, 0.3) is 0 Å². The predicted molar refractivity (Wildman–Crippen MR) is 109 cm³/mol. The Morgan fingerprint density at radius 3 is 2.61 bits per heavy atom. The highest BCUT2D eigenvalue weighted by molar-refractivity contribution is 5.74. The largest absolute Gasteiger partial charge is 0.467 e. The molecule has 0 unspecified atom stereocenters. The monoisotopic (exact) mass is 437 g/mol. The van der Waals surface area contributed by atoms with Gasteiger partial charge < -0.3 is 33.7 Å². The van der Waals surface area contributed by atoms with Gasteiger partial charge in [-0.25, -0.2) is 4.79 Å². The quantitative estimate of drug-likeness (QED) is 0.641. The summed E-state index contributed by atoms with van der Waals surface area (Å²) >= 11 is 0. The Bertz CT molecular complexity index is 755. The molecule has 0 saturated carbocycles. The summed E-state index contributed by atoms with van der Waals surface area (Å²) in [6.45, 7) is 7.08. The van der Waals surface area contributed by atoms with Crippen molar-refractivity contribution in [3.8, 4) is 0 Å². The second-order valence-electron chi connectivity index (χ2n) is 8.13. The molecule has 2 aliphatic rings. The maximum atomic E-state index is 12.0. The van der Waals surface area contributed by atoms with E-state index in [2.05, 4.69) is 5.32 Å². The number of fused-ring (bicyclic) bond motifs is 1. The van der Waals surface area contributed by atoms with Crippen LogP contribution in [0.1, 0.15) is 33.3 Å². The fourth-order valence-corrected chi connectivity index (χ4v) is 3.73.